The van der Waals surface area contributed by atoms with E-state index in [2.05, 4.69) is 5.32 Å². The number of para-hydroxylation sites is 1. The average molecular weight is 396 g/mol. The van der Waals surface area contributed by atoms with Crippen LogP contribution in [-0.2, 0) is 9.53 Å². The van der Waals surface area contributed by atoms with Crippen LogP contribution in [0, 0.1) is 11.6 Å². The highest BCUT2D eigenvalue weighted by atomic mass is 19.1. The fourth-order valence-electron chi connectivity index (χ4n) is 2.76. The molecular formula is C22H18F2N2O3. The van der Waals surface area contributed by atoms with Gasteiger partial charge in [0.25, 0.3) is 5.91 Å². The van der Waals surface area contributed by atoms with E-state index in [9.17, 15) is 18.4 Å². The molecule has 29 heavy (non-hydrogen) atoms. The van der Waals surface area contributed by atoms with Gasteiger partial charge >= 0.3 is 5.97 Å². The highest BCUT2D eigenvalue weighted by Gasteiger charge is 2.25. The summed E-state index contributed by atoms with van der Waals surface area (Å²) < 4.78 is 32.7. The number of hydrogen-bond donors (Lipinski definition) is 2. The first-order valence-electron chi connectivity index (χ1n) is 8.77. The van der Waals surface area contributed by atoms with Crippen molar-refractivity contribution < 1.29 is 23.1 Å². The zero-order chi connectivity index (χ0) is 21.0. The van der Waals surface area contributed by atoms with Crippen LogP contribution in [0.1, 0.15) is 17.3 Å². The summed E-state index contributed by atoms with van der Waals surface area (Å²) in [7, 11) is 0. The summed E-state index contributed by atoms with van der Waals surface area (Å²) >= 11 is 0. The molecule has 0 saturated heterocycles. The first-order chi connectivity index (χ1) is 13.9. The summed E-state index contributed by atoms with van der Waals surface area (Å²) in [6.45, 7) is 1.31. The normalized spacial score (nSPS) is 11.6. The fourth-order valence-corrected chi connectivity index (χ4v) is 2.76. The highest BCUT2D eigenvalue weighted by molar-refractivity contribution is 6.00. The van der Waals surface area contributed by atoms with E-state index in [1.165, 1.54) is 6.92 Å². The summed E-state index contributed by atoms with van der Waals surface area (Å²) in [6.07, 6.45) is -1.29. The quantitative estimate of drug-likeness (QED) is 0.495. The lowest BCUT2D eigenvalue weighted by Crippen LogP contribution is -2.30. The molecule has 148 valence electrons. The van der Waals surface area contributed by atoms with E-state index in [0.29, 0.717) is 5.69 Å². The molecule has 0 aliphatic rings. The van der Waals surface area contributed by atoms with Gasteiger partial charge < -0.3 is 15.8 Å². The van der Waals surface area contributed by atoms with Gasteiger partial charge in [-0.25, -0.2) is 13.6 Å². The van der Waals surface area contributed by atoms with Crippen LogP contribution >= 0.6 is 0 Å². The lowest BCUT2D eigenvalue weighted by molar-refractivity contribution is -0.123. The molecule has 0 saturated carbocycles. The number of benzene rings is 3. The van der Waals surface area contributed by atoms with Gasteiger partial charge in [-0.15, -0.1) is 0 Å². The topological polar surface area (TPSA) is 81.4 Å². The molecule has 3 aromatic carbocycles. The van der Waals surface area contributed by atoms with Crippen LogP contribution in [0.3, 0.4) is 0 Å². The Bertz CT molecular complexity index is 1030. The third-order valence-corrected chi connectivity index (χ3v) is 4.19. The van der Waals surface area contributed by atoms with Gasteiger partial charge in [0.05, 0.1) is 0 Å². The second kappa shape index (κ2) is 8.52. The number of anilines is 2. The minimum atomic E-state index is -1.29. The predicted octanol–water partition coefficient (Wildman–Crippen LogP) is 4.40. The van der Waals surface area contributed by atoms with Crippen molar-refractivity contribution in [2.75, 3.05) is 11.1 Å². The lowest BCUT2D eigenvalue weighted by atomic mass is 10.0. The first kappa shape index (κ1) is 20.0. The molecule has 0 aliphatic heterocycles. The third kappa shape index (κ3) is 4.57. The maximum atomic E-state index is 13.9. The number of carbonyl (C=O) groups is 2. The number of hydrogen-bond acceptors (Lipinski definition) is 4. The van der Waals surface area contributed by atoms with Crippen LogP contribution < -0.4 is 11.1 Å². The molecule has 0 heterocycles. The molecular weight excluding hydrogens is 378 g/mol. The van der Waals surface area contributed by atoms with Crippen LogP contribution in [0.4, 0.5) is 20.2 Å². The van der Waals surface area contributed by atoms with Crippen molar-refractivity contribution in [2.45, 2.75) is 13.0 Å². The smallest absolute Gasteiger partial charge is 0.344 e. The summed E-state index contributed by atoms with van der Waals surface area (Å²) in [6, 6.07) is 18.1. The van der Waals surface area contributed by atoms with Gasteiger partial charge in [0.1, 0.15) is 17.2 Å². The van der Waals surface area contributed by atoms with E-state index in [1.807, 2.05) is 42.5 Å². The van der Waals surface area contributed by atoms with Gasteiger partial charge in [-0.3, -0.25) is 4.79 Å². The Balaban J connectivity index is 1.75. The molecule has 7 heteroatoms. The van der Waals surface area contributed by atoms with Crippen molar-refractivity contribution in [1.29, 1.82) is 0 Å². The van der Waals surface area contributed by atoms with E-state index in [4.69, 9.17) is 10.5 Å². The Morgan fingerprint density at radius 2 is 1.55 bits per heavy atom. The first-order valence-corrected chi connectivity index (χ1v) is 8.77. The summed E-state index contributed by atoms with van der Waals surface area (Å²) in [4.78, 5) is 24.6. The molecule has 0 aromatic heterocycles. The molecule has 0 unspecified atom stereocenters. The van der Waals surface area contributed by atoms with Gasteiger partial charge in [0.15, 0.2) is 6.10 Å². The van der Waals surface area contributed by atoms with Crippen molar-refractivity contribution in [3.05, 3.63) is 83.9 Å². The zero-order valence-corrected chi connectivity index (χ0v) is 15.5. The van der Waals surface area contributed by atoms with Gasteiger partial charge in [0.2, 0.25) is 0 Å². The molecule has 1 amide bonds. The van der Waals surface area contributed by atoms with E-state index >= 15 is 0 Å². The molecule has 0 radical (unpaired) electrons. The van der Waals surface area contributed by atoms with Crippen LogP contribution in [0.5, 0.6) is 0 Å². The standard InChI is InChI=1S/C22H18F2N2O3/c1-13(29-22(28)20-17(23)11-15(25)12-18(20)24)21(27)26-19-10-6-5-9-16(19)14-7-3-2-4-8-14/h2-13H,25H2,1H3,(H,26,27)/t13-/m0/s1. The Hall–Kier alpha value is -3.74. The van der Waals surface area contributed by atoms with Gasteiger partial charge in [-0.05, 0) is 30.7 Å². The number of halogens is 2. The highest BCUT2D eigenvalue weighted by Crippen LogP contribution is 2.27. The van der Waals surface area contributed by atoms with Crippen molar-refractivity contribution >= 4 is 23.3 Å². The van der Waals surface area contributed by atoms with Gasteiger partial charge in [-0.1, -0.05) is 48.5 Å². The Kier molecular flexibility index (Phi) is 5.87. The summed E-state index contributed by atoms with van der Waals surface area (Å²) in [5, 5.41) is 2.68. The van der Waals surface area contributed by atoms with E-state index in [-0.39, 0.29) is 5.69 Å². The molecule has 0 spiro atoms. The Morgan fingerprint density at radius 3 is 2.21 bits per heavy atom. The van der Waals surface area contributed by atoms with Crippen molar-refractivity contribution in [3.63, 3.8) is 0 Å². The number of nitrogen functional groups attached to an aromatic ring is 1. The van der Waals surface area contributed by atoms with Gasteiger partial charge in [0, 0.05) is 16.9 Å². The maximum absolute atomic E-state index is 13.9. The second-order valence-corrected chi connectivity index (χ2v) is 6.31. The zero-order valence-electron chi connectivity index (χ0n) is 15.5. The minimum absolute atomic E-state index is 0.167. The second-order valence-electron chi connectivity index (χ2n) is 6.31. The van der Waals surface area contributed by atoms with Crippen LogP contribution in [0.25, 0.3) is 11.1 Å². The van der Waals surface area contributed by atoms with Gasteiger partial charge in [-0.2, -0.15) is 0 Å². The Labute approximate surface area is 166 Å². The molecule has 0 aliphatic carbocycles. The number of amides is 1. The molecule has 3 N–H and O–H groups in total. The largest absolute Gasteiger partial charge is 0.449 e. The number of ether oxygens (including phenoxy) is 1. The molecule has 3 rings (SSSR count). The summed E-state index contributed by atoms with van der Waals surface area (Å²) in [5.74, 6) is -4.25. The SMILES string of the molecule is C[C@H](OC(=O)c1c(F)cc(N)cc1F)C(=O)Nc1ccccc1-c1ccccc1. The summed E-state index contributed by atoms with van der Waals surface area (Å²) in [5.41, 5.74) is 6.44. The van der Waals surface area contributed by atoms with Crippen molar-refractivity contribution in [2.24, 2.45) is 0 Å². The van der Waals surface area contributed by atoms with Crippen molar-refractivity contribution in [1.82, 2.24) is 0 Å². The Morgan fingerprint density at radius 1 is 0.966 bits per heavy atom. The minimum Gasteiger partial charge on any atom is -0.449 e. The van der Waals surface area contributed by atoms with E-state index in [1.54, 1.807) is 12.1 Å². The molecule has 1 atom stereocenters. The number of nitrogens with one attached hydrogen (secondary N) is 1. The maximum Gasteiger partial charge on any atom is 0.344 e. The molecule has 0 fully saturated rings. The monoisotopic (exact) mass is 396 g/mol. The number of esters is 1. The van der Waals surface area contributed by atoms with Crippen LogP contribution in [0.15, 0.2) is 66.7 Å². The van der Waals surface area contributed by atoms with E-state index < -0.39 is 35.2 Å². The third-order valence-electron chi connectivity index (χ3n) is 4.19. The molecule has 3 aromatic rings. The number of carbonyl (C=O) groups excluding carboxylic acids is 2. The van der Waals surface area contributed by atoms with E-state index in [0.717, 1.165) is 23.3 Å². The van der Waals surface area contributed by atoms with Crippen molar-refractivity contribution in [3.8, 4) is 11.1 Å². The fraction of sp³-hybridized carbons (Fsp3) is 0.0909. The van der Waals surface area contributed by atoms with Crippen LogP contribution in [0.2, 0.25) is 0 Å². The number of nitrogens with two attached hydrogens (primary N) is 1. The predicted molar refractivity (Wildman–Crippen MR) is 106 cm³/mol. The lowest BCUT2D eigenvalue weighted by Gasteiger charge is -2.16. The average Bonchev–Trinajstić information content (AvgIpc) is 2.68. The molecule has 0 bridgehead atoms. The van der Waals surface area contributed by atoms with Crippen LogP contribution in [-0.4, -0.2) is 18.0 Å². The number of rotatable bonds is 5. The molecule has 5 nitrogen and oxygen atoms in total.